The van der Waals surface area contributed by atoms with Crippen molar-refractivity contribution in [3.63, 3.8) is 0 Å². The van der Waals surface area contributed by atoms with E-state index in [1.54, 1.807) is 24.7 Å². The van der Waals surface area contributed by atoms with Gasteiger partial charge < -0.3 is 15.4 Å². The van der Waals surface area contributed by atoms with Gasteiger partial charge in [0, 0.05) is 57.8 Å². The van der Waals surface area contributed by atoms with Crippen molar-refractivity contribution < 1.29 is 12.3 Å². The molecule has 0 aliphatic rings. The van der Waals surface area contributed by atoms with Gasteiger partial charge in [0.1, 0.15) is 12.1 Å². The van der Waals surface area contributed by atoms with E-state index in [-0.39, 0.29) is 5.92 Å². The quantitative estimate of drug-likeness (QED) is 0.424. The molecule has 0 aliphatic heterocycles. The van der Waals surface area contributed by atoms with Gasteiger partial charge in [0.25, 0.3) is 5.91 Å². The van der Waals surface area contributed by atoms with Crippen molar-refractivity contribution in [1.82, 2.24) is 30.2 Å². The van der Waals surface area contributed by atoms with Crippen LogP contribution in [0.4, 0.5) is 5.82 Å². The third kappa shape index (κ3) is 4.87. The molecule has 2 N–H and O–H groups in total. The Balaban J connectivity index is 1.51. The summed E-state index contributed by atoms with van der Waals surface area (Å²) < 4.78 is 19.9. The Labute approximate surface area is 194 Å². The maximum absolute atomic E-state index is 12.4. The van der Waals surface area contributed by atoms with Crippen LogP contribution in [0, 0.1) is 0 Å². The van der Waals surface area contributed by atoms with E-state index in [4.69, 9.17) is 7.48 Å². The molecule has 4 rings (SSSR count). The number of aromatic nitrogens is 5. The highest BCUT2D eigenvalue weighted by Gasteiger charge is 2.15. The lowest BCUT2D eigenvalue weighted by Gasteiger charge is -2.16. The van der Waals surface area contributed by atoms with Gasteiger partial charge in [-0.25, -0.2) is 19.9 Å². The molecule has 3 heterocycles. The van der Waals surface area contributed by atoms with Gasteiger partial charge in [-0.05, 0) is 18.6 Å². The Morgan fingerprint density at radius 2 is 2.00 bits per heavy atom. The monoisotopic (exact) mass is 445 g/mol. The van der Waals surface area contributed by atoms with Crippen LogP contribution in [0.15, 0.2) is 55.2 Å². The van der Waals surface area contributed by atoms with Gasteiger partial charge in [0.2, 0.25) is 0 Å². The largest absolute Gasteiger partial charge is 0.464 e. The molecule has 1 atom stereocenters. The molecular formula is C24H25N7O2. The number of benzene rings is 1. The molecule has 9 nitrogen and oxygen atoms in total. The predicted molar refractivity (Wildman–Crippen MR) is 126 cm³/mol. The van der Waals surface area contributed by atoms with Crippen LogP contribution >= 0.6 is 0 Å². The Bertz CT molecular complexity index is 1320. The summed E-state index contributed by atoms with van der Waals surface area (Å²) in [5.41, 5.74) is 3.49. The van der Waals surface area contributed by atoms with Gasteiger partial charge in [0.15, 0.2) is 0 Å². The lowest BCUT2D eigenvalue weighted by Crippen LogP contribution is -2.18. The molecule has 0 fully saturated rings. The number of hydrogen-bond donors (Lipinski definition) is 2. The second-order valence-electron chi connectivity index (χ2n) is 7.33. The zero-order chi connectivity index (χ0) is 24.8. The van der Waals surface area contributed by atoms with Crippen LogP contribution in [-0.4, -0.2) is 51.0 Å². The second-order valence-corrected chi connectivity index (χ2v) is 7.33. The van der Waals surface area contributed by atoms with Crippen LogP contribution in [-0.2, 0) is 0 Å². The van der Waals surface area contributed by atoms with E-state index in [1.165, 1.54) is 6.33 Å². The summed E-state index contributed by atoms with van der Waals surface area (Å²) in [7, 11) is 0. The van der Waals surface area contributed by atoms with E-state index >= 15 is 0 Å². The number of ether oxygens (including phenoxy) is 1. The number of anilines is 1. The van der Waals surface area contributed by atoms with E-state index in [9.17, 15) is 4.79 Å². The Hall–Kier alpha value is -4.14. The first kappa shape index (κ1) is 19.5. The third-order valence-electron chi connectivity index (χ3n) is 5.16. The van der Waals surface area contributed by atoms with Gasteiger partial charge in [0.05, 0.1) is 23.4 Å². The first-order valence-electron chi connectivity index (χ1n) is 11.7. The molecule has 0 saturated heterocycles. The fourth-order valence-electron chi connectivity index (χ4n) is 3.50. The zero-order valence-electron chi connectivity index (χ0n) is 20.3. The molecule has 9 heteroatoms. The molecule has 3 aromatic heterocycles. The van der Waals surface area contributed by atoms with Crippen molar-refractivity contribution in [2.45, 2.75) is 19.8 Å². The van der Waals surface area contributed by atoms with Crippen LogP contribution in [0.25, 0.3) is 22.2 Å². The summed E-state index contributed by atoms with van der Waals surface area (Å²) in [6.45, 7) is 3.55. The number of para-hydroxylation sites is 1. The van der Waals surface area contributed by atoms with Crippen LogP contribution in [0.2, 0.25) is 0 Å². The fraction of sp³-hybridized carbons (Fsp3) is 0.250. The first-order valence-corrected chi connectivity index (χ1v) is 10.5. The van der Waals surface area contributed by atoms with Crippen molar-refractivity contribution in [1.29, 1.82) is 0 Å². The topological polar surface area (TPSA) is 115 Å². The van der Waals surface area contributed by atoms with Crippen molar-refractivity contribution in [3.8, 4) is 17.3 Å². The van der Waals surface area contributed by atoms with Crippen molar-refractivity contribution >= 4 is 22.6 Å². The molecule has 0 unspecified atom stereocenters. The number of carbonyl (C=O) groups is 1. The Morgan fingerprint density at radius 1 is 1.15 bits per heavy atom. The van der Waals surface area contributed by atoms with Crippen molar-refractivity contribution in [2.24, 2.45) is 0 Å². The molecule has 4 aromatic rings. The summed E-state index contributed by atoms with van der Waals surface area (Å²) in [6.07, 6.45) is 6.37. The second kappa shape index (κ2) is 9.99. The number of fused-ring (bicyclic) bond motifs is 1. The normalized spacial score (nSPS) is 12.7. The molecule has 0 radical (unpaired) electrons. The van der Waals surface area contributed by atoms with E-state index in [1.807, 2.05) is 31.2 Å². The highest BCUT2D eigenvalue weighted by molar-refractivity contribution is 6.06. The average molecular weight is 446 g/mol. The number of pyridine rings is 1. The van der Waals surface area contributed by atoms with Gasteiger partial charge in [-0.15, -0.1) is 0 Å². The lowest BCUT2D eigenvalue weighted by atomic mass is 9.96. The first-order chi connectivity index (χ1) is 17.0. The number of nitrogens with one attached hydrogen (secondary N) is 2. The van der Waals surface area contributed by atoms with Crippen LogP contribution in [0.5, 0.6) is 6.01 Å². The molecule has 1 amide bonds. The summed E-state index contributed by atoms with van der Waals surface area (Å²) in [5, 5.41) is 6.31. The van der Waals surface area contributed by atoms with Gasteiger partial charge >= 0.3 is 6.01 Å². The molecule has 0 bridgehead atoms. The Morgan fingerprint density at radius 3 is 2.79 bits per heavy atom. The summed E-state index contributed by atoms with van der Waals surface area (Å²) >= 11 is 0. The number of rotatable bonds is 8. The van der Waals surface area contributed by atoms with Crippen molar-refractivity contribution in [2.75, 3.05) is 25.5 Å². The highest BCUT2D eigenvalue weighted by Crippen LogP contribution is 2.27. The van der Waals surface area contributed by atoms with E-state index in [0.717, 1.165) is 11.1 Å². The minimum absolute atomic E-state index is 0.0387. The molecule has 33 heavy (non-hydrogen) atoms. The molecule has 0 aliphatic carbocycles. The van der Waals surface area contributed by atoms with E-state index in [0.29, 0.717) is 47.1 Å². The van der Waals surface area contributed by atoms with Crippen LogP contribution in [0.1, 0.15) is 38.4 Å². The number of nitrogens with zero attached hydrogens (tertiary/aromatic N) is 5. The summed E-state index contributed by atoms with van der Waals surface area (Å²) in [6, 6.07) is 9.41. The average Bonchev–Trinajstić information content (AvgIpc) is 2.87. The zero-order valence-corrected chi connectivity index (χ0v) is 18.3. The Kier molecular flexibility index (Phi) is 5.91. The highest BCUT2D eigenvalue weighted by atomic mass is 16.5. The maximum Gasteiger partial charge on any atom is 0.316 e. The molecular weight excluding hydrogens is 418 g/mol. The van der Waals surface area contributed by atoms with Gasteiger partial charge in [-0.2, -0.15) is 0 Å². The molecule has 1 aromatic carbocycles. The van der Waals surface area contributed by atoms with Crippen molar-refractivity contribution in [3.05, 3.63) is 66.4 Å². The van der Waals surface area contributed by atoms with Crippen LogP contribution in [0.3, 0.4) is 0 Å². The summed E-state index contributed by atoms with van der Waals surface area (Å²) in [5.74, 6) is 0.222. The van der Waals surface area contributed by atoms with Gasteiger partial charge in [-0.3, -0.25) is 9.78 Å². The lowest BCUT2D eigenvalue weighted by molar-refractivity contribution is 0.0964. The minimum atomic E-state index is -1.44. The fourth-order valence-corrected chi connectivity index (χ4v) is 3.50. The minimum Gasteiger partial charge on any atom is -0.464 e. The summed E-state index contributed by atoms with van der Waals surface area (Å²) in [4.78, 5) is 33.9. The number of carbonyl (C=O) groups excluding carboxylic acids is 1. The number of hydrogen-bond acceptors (Lipinski definition) is 8. The molecule has 0 saturated carbocycles. The predicted octanol–water partition coefficient (Wildman–Crippen LogP) is 3.46. The van der Waals surface area contributed by atoms with Crippen LogP contribution < -0.4 is 15.4 Å². The third-order valence-corrected chi connectivity index (χ3v) is 5.16. The molecule has 168 valence electrons. The maximum atomic E-state index is 12.4. The number of amides is 1. The van der Waals surface area contributed by atoms with Gasteiger partial charge in [-0.1, -0.05) is 25.1 Å². The SMILES string of the molecule is [2H]C([2H])NC(=O)c1ccnc2c([C@H](C)CNc3cc(-c4cnc(OCC)nc4)ncn3)cccc12. The molecule has 0 spiro atoms. The van der Waals surface area contributed by atoms with E-state index < -0.39 is 12.9 Å². The smallest absolute Gasteiger partial charge is 0.316 e. The van der Waals surface area contributed by atoms with E-state index in [2.05, 4.69) is 42.5 Å². The standard InChI is InChI=1S/C24H25N7O2/c1-4-33-24-28-12-16(13-29-24)20-10-21(31-14-30-20)27-11-15(2)17-6-5-7-18-19(23(32)25-3)8-9-26-22(17)18/h5-10,12-15H,4,11H2,1-3H3,(H,25,32)(H,27,30,31)/t15-/m1/s1/i3D2.